The minimum absolute atomic E-state index is 0.0496. The fourth-order valence-corrected chi connectivity index (χ4v) is 3.35. The second-order valence-electron chi connectivity index (χ2n) is 7.06. The lowest BCUT2D eigenvalue weighted by molar-refractivity contribution is -0.143. The maximum absolute atomic E-state index is 14.9. The van der Waals surface area contributed by atoms with E-state index < -0.39 is 58.1 Å². The van der Waals surface area contributed by atoms with Crippen LogP contribution in [0.15, 0.2) is 42.7 Å². The van der Waals surface area contributed by atoms with Gasteiger partial charge in [0.2, 0.25) is 0 Å². The maximum atomic E-state index is 14.9. The molecule has 0 atom stereocenters. The van der Waals surface area contributed by atoms with E-state index in [1.807, 2.05) is 0 Å². The van der Waals surface area contributed by atoms with E-state index in [9.17, 15) is 31.1 Å². The van der Waals surface area contributed by atoms with Crippen LogP contribution < -0.4 is 16.2 Å². The molecule has 8 nitrogen and oxygen atoms in total. The number of anilines is 1. The molecule has 0 aliphatic carbocycles. The van der Waals surface area contributed by atoms with Gasteiger partial charge in [0.25, 0.3) is 5.91 Å². The van der Waals surface area contributed by atoms with E-state index >= 15 is 0 Å². The van der Waals surface area contributed by atoms with Crippen molar-refractivity contribution in [1.29, 1.82) is 0 Å². The molecule has 0 aliphatic rings. The number of ether oxygens (including phenoxy) is 1. The molecule has 0 bridgehead atoms. The van der Waals surface area contributed by atoms with Crippen molar-refractivity contribution >= 4 is 23.3 Å². The van der Waals surface area contributed by atoms with Crippen LogP contribution in [0.1, 0.15) is 16.1 Å². The summed E-state index contributed by atoms with van der Waals surface area (Å²) in [6, 6.07) is 4.37. The van der Waals surface area contributed by atoms with Crippen molar-refractivity contribution in [2.75, 3.05) is 5.73 Å². The molecule has 1 amide bonds. The number of hydrogen-bond donors (Lipinski definition) is 2. The van der Waals surface area contributed by atoms with Crippen LogP contribution in [0.5, 0.6) is 11.5 Å². The van der Waals surface area contributed by atoms with Gasteiger partial charge in [-0.25, -0.2) is 27.8 Å². The van der Waals surface area contributed by atoms with Crippen molar-refractivity contribution < 1.29 is 35.9 Å². The fourth-order valence-electron chi connectivity index (χ4n) is 3.20. The Labute approximate surface area is 202 Å². The van der Waals surface area contributed by atoms with Gasteiger partial charge in [-0.05, 0) is 18.2 Å². The number of aromatic nitrogens is 4. The largest absolute Gasteiger partial charge is 0.453 e. The summed E-state index contributed by atoms with van der Waals surface area (Å²) in [5, 5.41) is 3.52. The van der Waals surface area contributed by atoms with Gasteiger partial charge in [0.05, 0.1) is 11.8 Å². The maximum Gasteiger partial charge on any atom is 0.434 e. The lowest BCUT2D eigenvalue weighted by Gasteiger charge is -2.11. The molecule has 36 heavy (non-hydrogen) atoms. The Morgan fingerprint density at radius 3 is 2.36 bits per heavy atom. The number of benzene rings is 1. The van der Waals surface area contributed by atoms with Crippen LogP contribution in [0.3, 0.4) is 0 Å². The van der Waals surface area contributed by atoms with Crippen LogP contribution in [-0.4, -0.2) is 25.7 Å². The lowest BCUT2D eigenvalue weighted by Crippen LogP contribution is -2.22. The Kier molecular flexibility index (Phi) is 6.22. The summed E-state index contributed by atoms with van der Waals surface area (Å²) in [4.78, 5) is 19.1. The number of alkyl halides is 3. The summed E-state index contributed by atoms with van der Waals surface area (Å²) in [6.45, 7) is 0. The summed E-state index contributed by atoms with van der Waals surface area (Å²) in [7, 11) is 0. The summed E-state index contributed by atoms with van der Waals surface area (Å²) >= 11 is 5.96. The highest BCUT2D eigenvalue weighted by Crippen LogP contribution is 2.40. The molecule has 0 spiro atoms. The minimum atomic E-state index is -5.29. The third kappa shape index (κ3) is 4.49. The van der Waals surface area contributed by atoms with Crippen molar-refractivity contribution in [3.63, 3.8) is 0 Å². The zero-order valence-corrected chi connectivity index (χ0v) is 18.2. The first-order valence-corrected chi connectivity index (χ1v) is 9.95. The second-order valence-corrected chi connectivity index (χ2v) is 7.44. The summed E-state index contributed by atoms with van der Waals surface area (Å²) in [5.74, 6) is -6.99. The first kappa shape index (κ1) is 24.8. The van der Waals surface area contributed by atoms with Crippen molar-refractivity contribution in [3.05, 3.63) is 76.5 Å². The Morgan fingerprint density at radius 2 is 1.75 bits per heavy atom. The number of nitrogens with two attached hydrogens (primary N) is 2. The molecule has 0 aliphatic heterocycles. The molecular weight excluding hydrogens is 518 g/mol. The molecule has 1 aromatic carbocycles. The molecule has 0 saturated carbocycles. The van der Waals surface area contributed by atoms with Crippen LogP contribution in [0.4, 0.5) is 32.2 Å². The van der Waals surface area contributed by atoms with Crippen molar-refractivity contribution in [2.45, 2.75) is 6.18 Å². The molecular formula is C21H11ClF6N6O2. The third-order valence-electron chi connectivity index (χ3n) is 4.70. The SMILES string of the molecule is NC(=O)c1c(-c2ccc(Oc3ccnc(N)c3Cl)c(F)c2)nn(-c2ncc(F)cc2F)c1C(F)(F)F. The number of nitrogens with zero attached hydrogens (tertiary/aromatic N) is 4. The summed E-state index contributed by atoms with van der Waals surface area (Å²) < 4.78 is 89.5. The summed E-state index contributed by atoms with van der Waals surface area (Å²) in [5.41, 5.74) is 6.68. The molecule has 0 unspecified atom stereocenters. The number of nitrogen functional groups attached to an aromatic ring is 1. The van der Waals surface area contributed by atoms with E-state index in [1.165, 1.54) is 12.3 Å². The Balaban J connectivity index is 1.88. The van der Waals surface area contributed by atoms with Gasteiger partial charge in [-0.15, -0.1) is 0 Å². The van der Waals surface area contributed by atoms with Gasteiger partial charge in [-0.1, -0.05) is 11.6 Å². The Bertz CT molecular complexity index is 1510. The van der Waals surface area contributed by atoms with E-state index in [1.54, 1.807) is 0 Å². The molecule has 15 heteroatoms. The highest BCUT2D eigenvalue weighted by Gasteiger charge is 2.43. The van der Waals surface area contributed by atoms with E-state index in [0.29, 0.717) is 12.3 Å². The molecule has 0 fully saturated rings. The van der Waals surface area contributed by atoms with Crippen LogP contribution in [-0.2, 0) is 6.18 Å². The van der Waals surface area contributed by atoms with E-state index in [4.69, 9.17) is 27.8 Å². The van der Waals surface area contributed by atoms with Crippen molar-refractivity contribution in [3.8, 4) is 28.6 Å². The third-order valence-corrected chi connectivity index (χ3v) is 5.08. The number of carbonyl (C=O) groups is 1. The van der Waals surface area contributed by atoms with Gasteiger partial charge in [0, 0.05) is 23.9 Å². The van der Waals surface area contributed by atoms with Crippen LogP contribution in [0, 0.1) is 17.5 Å². The zero-order valence-electron chi connectivity index (χ0n) is 17.4. The van der Waals surface area contributed by atoms with Gasteiger partial charge in [-0.3, -0.25) is 4.79 Å². The quantitative estimate of drug-likeness (QED) is 0.356. The van der Waals surface area contributed by atoms with Crippen LogP contribution in [0.2, 0.25) is 5.02 Å². The first-order valence-electron chi connectivity index (χ1n) is 9.57. The molecule has 0 radical (unpaired) electrons. The highest BCUT2D eigenvalue weighted by atomic mass is 35.5. The molecule has 186 valence electrons. The number of rotatable bonds is 5. The Morgan fingerprint density at radius 1 is 1.03 bits per heavy atom. The number of primary amides is 1. The predicted octanol–water partition coefficient (Wildman–Crippen LogP) is 4.89. The zero-order chi connectivity index (χ0) is 26.4. The lowest BCUT2D eigenvalue weighted by atomic mass is 10.0. The van der Waals surface area contributed by atoms with Gasteiger partial charge in [0.1, 0.15) is 22.4 Å². The average molecular weight is 529 g/mol. The normalized spacial score (nSPS) is 11.5. The number of halogens is 7. The smallest absolute Gasteiger partial charge is 0.434 e. The van der Waals surface area contributed by atoms with E-state index in [2.05, 4.69) is 15.1 Å². The number of hydrogen-bond acceptors (Lipinski definition) is 6. The molecule has 3 heterocycles. The monoisotopic (exact) mass is 528 g/mol. The van der Waals surface area contributed by atoms with Gasteiger partial charge in [0.15, 0.2) is 34.6 Å². The number of carbonyl (C=O) groups excluding carboxylic acids is 1. The molecule has 4 rings (SSSR count). The average Bonchev–Trinajstić information content (AvgIpc) is 3.19. The number of amides is 1. The van der Waals surface area contributed by atoms with Gasteiger partial charge < -0.3 is 16.2 Å². The molecule has 4 N–H and O–H groups in total. The first-order chi connectivity index (χ1) is 16.9. The van der Waals surface area contributed by atoms with Crippen molar-refractivity contribution in [1.82, 2.24) is 19.7 Å². The minimum Gasteiger partial charge on any atom is -0.453 e. The van der Waals surface area contributed by atoms with E-state index in [0.717, 1.165) is 12.1 Å². The van der Waals surface area contributed by atoms with Gasteiger partial charge >= 0.3 is 6.18 Å². The molecule has 3 aromatic heterocycles. The summed E-state index contributed by atoms with van der Waals surface area (Å²) in [6.07, 6.45) is -3.60. The van der Waals surface area contributed by atoms with Crippen LogP contribution in [0.25, 0.3) is 17.1 Å². The standard InChI is InChI=1S/C21H11ClF6N6O2/c22-15-13(3-4-31-18(15)29)36-12-2-1-8(5-10(12)24)16-14(19(30)35)17(21(26,27)28)34(33-16)20-11(25)6-9(23)7-32-20/h1-7H,(H2,29,31)(H2,30,35). The highest BCUT2D eigenvalue weighted by molar-refractivity contribution is 6.34. The van der Waals surface area contributed by atoms with E-state index in [-0.39, 0.29) is 32.9 Å². The second kappa shape index (κ2) is 9.03. The van der Waals surface area contributed by atoms with Crippen LogP contribution >= 0.6 is 11.6 Å². The fraction of sp³-hybridized carbons (Fsp3) is 0.0476. The topological polar surface area (TPSA) is 122 Å². The Hall–Kier alpha value is -4.33. The van der Waals surface area contributed by atoms with Gasteiger partial charge in [-0.2, -0.15) is 18.3 Å². The molecule has 4 aromatic rings. The molecule has 0 saturated heterocycles. The van der Waals surface area contributed by atoms with Crippen molar-refractivity contribution in [2.24, 2.45) is 5.73 Å². The number of pyridine rings is 2. The predicted molar refractivity (Wildman–Crippen MR) is 114 cm³/mol.